The van der Waals surface area contributed by atoms with Crippen molar-refractivity contribution in [2.45, 2.75) is 68.5 Å². The largest absolute Gasteiger partial charge is 0.385 e. The summed E-state index contributed by atoms with van der Waals surface area (Å²) < 4.78 is 0. The fraction of sp³-hybridized carbons (Fsp3) is 0.632. The lowest BCUT2D eigenvalue weighted by molar-refractivity contribution is 0.163. The molecule has 25 heavy (non-hydrogen) atoms. The lowest BCUT2D eigenvalue weighted by Gasteiger charge is -2.42. The number of aliphatic imine (C=N–C) groups is 2. The molecule has 0 aromatic heterocycles. The summed E-state index contributed by atoms with van der Waals surface area (Å²) >= 11 is 1.71. The fourth-order valence-electron chi connectivity index (χ4n) is 4.58. The maximum Gasteiger partial charge on any atom is 0.177 e. The third kappa shape index (κ3) is 2.74. The number of nitriles is 1. The van der Waals surface area contributed by atoms with E-state index < -0.39 is 11.0 Å². The van der Waals surface area contributed by atoms with Crippen LogP contribution in [0.25, 0.3) is 0 Å². The Morgan fingerprint density at radius 3 is 2.96 bits per heavy atom. The second kappa shape index (κ2) is 6.62. The Labute approximate surface area is 153 Å². The molecular weight excluding hydrogens is 332 g/mol. The molecule has 0 aromatic carbocycles. The van der Waals surface area contributed by atoms with Crippen molar-refractivity contribution in [1.82, 2.24) is 4.90 Å². The van der Waals surface area contributed by atoms with Crippen molar-refractivity contribution in [3.63, 3.8) is 0 Å². The Morgan fingerprint density at radius 2 is 2.24 bits per heavy atom. The van der Waals surface area contributed by atoms with E-state index in [0.29, 0.717) is 18.4 Å². The average Bonchev–Trinajstić information content (AvgIpc) is 3.19. The maximum absolute atomic E-state index is 10.4. The summed E-state index contributed by atoms with van der Waals surface area (Å²) in [6.45, 7) is 1.81. The van der Waals surface area contributed by atoms with Gasteiger partial charge in [-0.25, -0.2) is 4.99 Å². The van der Waals surface area contributed by atoms with E-state index in [1.165, 1.54) is 0 Å². The van der Waals surface area contributed by atoms with Gasteiger partial charge in [0.05, 0.1) is 17.8 Å². The van der Waals surface area contributed by atoms with Gasteiger partial charge in [-0.3, -0.25) is 4.99 Å². The van der Waals surface area contributed by atoms with Gasteiger partial charge in [-0.1, -0.05) is 11.8 Å². The van der Waals surface area contributed by atoms with E-state index in [9.17, 15) is 5.11 Å². The number of aliphatic hydroxyl groups is 1. The molecule has 1 aliphatic carbocycles. The van der Waals surface area contributed by atoms with E-state index >= 15 is 0 Å². The minimum atomic E-state index is -0.577. The van der Waals surface area contributed by atoms with Gasteiger partial charge in [0.1, 0.15) is 11.9 Å². The topological polar surface area (TPSA) is 72.0 Å². The first-order chi connectivity index (χ1) is 12.2. The average molecular weight is 356 g/mol. The van der Waals surface area contributed by atoms with Gasteiger partial charge in [0.15, 0.2) is 4.87 Å². The summed E-state index contributed by atoms with van der Waals surface area (Å²) in [4.78, 5) is 11.5. The molecule has 1 N–H and O–H groups in total. The zero-order valence-electron chi connectivity index (χ0n) is 14.5. The Morgan fingerprint density at radius 1 is 1.44 bits per heavy atom. The first kappa shape index (κ1) is 16.9. The molecule has 3 aliphatic heterocycles. The van der Waals surface area contributed by atoms with E-state index in [1.807, 2.05) is 19.2 Å². The van der Waals surface area contributed by atoms with Gasteiger partial charge in [0.25, 0.3) is 0 Å². The minimum absolute atomic E-state index is 0.130. The minimum Gasteiger partial charge on any atom is -0.385 e. The van der Waals surface area contributed by atoms with Crippen molar-refractivity contribution >= 4 is 23.3 Å². The molecular formula is C19H24N4OS. The van der Waals surface area contributed by atoms with Gasteiger partial charge >= 0.3 is 0 Å². The van der Waals surface area contributed by atoms with Gasteiger partial charge in [-0.2, -0.15) is 5.26 Å². The molecule has 0 amide bonds. The van der Waals surface area contributed by atoms with Crippen LogP contribution in [-0.4, -0.2) is 44.6 Å². The van der Waals surface area contributed by atoms with Gasteiger partial charge < -0.3 is 10.0 Å². The SMILES string of the molecule is C[C@@H](O)C1=N[C@]23SC=CC2=NC=C[C@H]3N1C1CCC(CCC#N)CC1. The highest BCUT2D eigenvalue weighted by atomic mass is 32.2. The third-order valence-corrected chi connectivity index (χ3v) is 6.99. The quantitative estimate of drug-likeness (QED) is 0.839. The number of aliphatic hydroxyl groups excluding tert-OH is 1. The van der Waals surface area contributed by atoms with Crippen molar-refractivity contribution < 1.29 is 5.11 Å². The molecule has 0 bridgehead atoms. The van der Waals surface area contributed by atoms with Crippen LogP contribution in [0.4, 0.5) is 0 Å². The summed E-state index contributed by atoms with van der Waals surface area (Å²) in [6, 6.07) is 2.80. The van der Waals surface area contributed by atoms with Gasteiger partial charge in [-0.15, -0.1) is 0 Å². The van der Waals surface area contributed by atoms with Gasteiger partial charge in [0.2, 0.25) is 0 Å². The molecule has 0 aromatic rings. The molecule has 0 saturated heterocycles. The maximum atomic E-state index is 10.4. The molecule has 3 heterocycles. The first-order valence-electron chi connectivity index (χ1n) is 9.18. The van der Waals surface area contributed by atoms with E-state index in [2.05, 4.69) is 27.4 Å². The molecule has 1 saturated carbocycles. The van der Waals surface area contributed by atoms with Gasteiger partial charge in [-0.05, 0) is 62.5 Å². The van der Waals surface area contributed by atoms with Crippen molar-refractivity contribution in [1.29, 1.82) is 5.26 Å². The number of hydrogen-bond acceptors (Lipinski definition) is 6. The summed E-state index contributed by atoms with van der Waals surface area (Å²) in [6.07, 6.45) is 11.7. The second-order valence-corrected chi connectivity index (χ2v) is 8.47. The van der Waals surface area contributed by atoms with Crippen molar-refractivity contribution in [3.05, 3.63) is 23.8 Å². The van der Waals surface area contributed by atoms with E-state index in [-0.39, 0.29) is 6.04 Å². The molecule has 4 aliphatic rings. The zero-order chi connectivity index (χ0) is 17.4. The van der Waals surface area contributed by atoms with Crippen LogP contribution in [0, 0.1) is 17.2 Å². The Bertz CT molecular complexity index is 697. The zero-order valence-corrected chi connectivity index (χ0v) is 15.3. The fourth-order valence-corrected chi connectivity index (χ4v) is 5.70. The highest BCUT2D eigenvalue weighted by molar-refractivity contribution is 8.04. The first-order valence-corrected chi connectivity index (χ1v) is 10.1. The smallest absolute Gasteiger partial charge is 0.177 e. The van der Waals surface area contributed by atoms with E-state index in [4.69, 9.17) is 10.3 Å². The predicted molar refractivity (Wildman–Crippen MR) is 101 cm³/mol. The van der Waals surface area contributed by atoms with Crippen LogP contribution >= 0.6 is 11.8 Å². The molecule has 3 atom stereocenters. The lowest BCUT2D eigenvalue weighted by atomic mass is 9.82. The number of hydrogen-bond donors (Lipinski definition) is 1. The van der Waals surface area contributed by atoms with Crippen molar-refractivity contribution in [2.24, 2.45) is 15.9 Å². The normalized spacial score (nSPS) is 37.2. The van der Waals surface area contributed by atoms with Crippen LogP contribution < -0.4 is 0 Å². The second-order valence-electron chi connectivity index (χ2n) is 7.34. The molecule has 1 fully saturated rings. The van der Waals surface area contributed by atoms with Crippen LogP contribution in [0.3, 0.4) is 0 Å². The Balaban J connectivity index is 1.56. The Hall–Kier alpha value is -1.58. The molecule has 4 rings (SSSR count). The molecule has 0 radical (unpaired) electrons. The molecule has 132 valence electrons. The number of amidine groups is 1. The van der Waals surface area contributed by atoms with E-state index in [1.54, 1.807) is 11.8 Å². The molecule has 6 heteroatoms. The van der Waals surface area contributed by atoms with Crippen molar-refractivity contribution in [3.8, 4) is 6.07 Å². The molecule has 1 spiro atoms. The molecule has 5 nitrogen and oxygen atoms in total. The summed E-state index contributed by atoms with van der Waals surface area (Å²) in [5, 5.41) is 21.3. The molecule has 0 unspecified atom stereocenters. The number of nitrogens with zero attached hydrogens (tertiary/aromatic N) is 4. The highest BCUT2D eigenvalue weighted by Crippen LogP contribution is 2.49. The summed E-state index contributed by atoms with van der Waals surface area (Å²) in [7, 11) is 0. The number of thioether (sulfide) groups is 1. The van der Waals surface area contributed by atoms with Crippen molar-refractivity contribution in [2.75, 3.05) is 0 Å². The van der Waals surface area contributed by atoms with Gasteiger partial charge in [0, 0.05) is 18.7 Å². The standard InChI is InChI=1S/C19H24N4OS/c1-13(24)18-22-19-16(9-12-25-19)21-11-8-17(19)23(18)15-6-4-14(5-7-15)3-2-10-20/h8-9,11-15,17,24H,2-7H2,1H3/t13-,14?,15?,17-,19+/m1/s1. The summed E-state index contributed by atoms with van der Waals surface area (Å²) in [5.41, 5.74) is 0.994. The summed E-state index contributed by atoms with van der Waals surface area (Å²) in [5.74, 6) is 1.47. The van der Waals surface area contributed by atoms with E-state index in [0.717, 1.165) is 43.7 Å². The predicted octanol–water partition coefficient (Wildman–Crippen LogP) is 3.24. The van der Waals surface area contributed by atoms with Crippen LogP contribution in [0.2, 0.25) is 0 Å². The van der Waals surface area contributed by atoms with Crippen LogP contribution in [0.1, 0.15) is 45.4 Å². The van der Waals surface area contributed by atoms with Crippen LogP contribution in [0.5, 0.6) is 0 Å². The highest BCUT2D eigenvalue weighted by Gasteiger charge is 2.55. The number of rotatable bonds is 4. The lowest BCUT2D eigenvalue weighted by Crippen LogP contribution is -2.53. The third-order valence-electron chi connectivity index (χ3n) is 5.82. The van der Waals surface area contributed by atoms with Crippen LogP contribution in [0.15, 0.2) is 33.7 Å². The van der Waals surface area contributed by atoms with Crippen LogP contribution in [-0.2, 0) is 0 Å². The monoisotopic (exact) mass is 356 g/mol. The Kier molecular flexibility index (Phi) is 4.47.